The van der Waals surface area contributed by atoms with E-state index < -0.39 is 60.5 Å². The van der Waals surface area contributed by atoms with Crippen molar-refractivity contribution in [1.82, 2.24) is 0 Å². The van der Waals surface area contributed by atoms with Crippen molar-refractivity contribution in [3.63, 3.8) is 0 Å². The van der Waals surface area contributed by atoms with Crippen LogP contribution in [0.15, 0.2) is 0 Å². The van der Waals surface area contributed by atoms with Crippen molar-refractivity contribution >= 4 is 34.3 Å². The molecule has 0 aliphatic rings. The molecule has 0 amide bonds. The number of carboxylic acids is 4. The molecule has 0 aliphatic heterocycles. The van der Waals surface area contributed by atoms with Crippen LogP contribution in [-0.4, -0.2) is 88.0 Å². The molecule has 16 nitrogen and oxygen atoms in total. The summed E-state index contributed by atoms with van der Waals surface area (Å²) in [6.45, 7) is -2.11. The first-order chi connectivity index (χ1) is 11.1. The summed E-state index contributed by atoms with van der Waals surface area (Å²) < 4.78 is 31.6. The molecule has 0 spiro atoms. The van der Waals surface area contributed by atoms with Crippen LogP contribution in [0.1, 0.15) is 0 Å². The van der Waals surface area contributed by atoms with E-state index >= 15 is 0 Å². The van der Waals surface area contributed by atoms with Gasteiger partial charge in [-0.1, -0.05) is 26.2 Å². The second-order valence-corrected chi connectivity index (χ2v) is 3.63. The maximum Gasteiger partial charge on any atom is 2.00 e. The third-order valence-corrected chi connectivity index (χ3v) is 0.605. The normalized spacial score (nSPS) is 7.63. The summed E-state index contributed by atoms with van der Waals surface area (Å²) >= 11 is 0. The Labute approximate surface area is 182 Å². The van der Waals surface area contributed by atoms with Gasteiger partial charge in [0.15, 0.2) is 0 Å². The molecule has 27 heavy (non-hydrogen) atoms. The van der Waals surface area contributed by atoms with Crippen LogP contribution in [0.5, 0.6) is 0 Å². The molecule has 0 aliphatic carbocycles. The van der Waals surface area contributed by atoms with Gasteiger partial charge in [-0.25, -0.2) is 0 Å². The Kier molecular flexibility index (Phi) is 54.4. The molecule has 0 radical (unpaired) electrons. The first-order valence-corrected chi connectivity index (χ1v) is 6.63. The molecule has 0 unspecified atom stereocenters. The fourth-order valence-corrected chi connectivity index (χ4v) is 0. The van der Waals surface area contributed by atoms with Crippen LogP contribution >= 0.6 is 0 Å². The minimum Gasteiger partial charge on any atom is -0.668 e. The number of rotatable bonds is 4. The summed E-state index contributed by atoms with van der Waals surface area (Å²) in [5.41, 5.74) is 24.2. The SMILES string of the molecule is O=S(=O)(O)O.[NH-]CC(=O)O.[NH-]CC(=O)O.[NH-]CC(=O)O.[NH-]CC(=O)O.[Pt+2].[Pt+2]. The van der Waals surface area contributed by atoms with E-state index in [0.717, 1.165) is 0 Å². The van der Waals surface area contributed by atoms with Gasteiger partial charge in [-0.05, 0) is 0 Å². The van der Waals surface area contributed by atoms with Crippen molar-refractivity contribution in [1.29, 1.82) is 0 Å². The fourth-order valence-electron chi connectivity index (χ4n) is 0. The molecule has 0 atom stereocenters. The molecule has 0 rings (SSSR count). The van der Waals surface area contributed by atoms with Crippen LogP contribution in [0, 0.1) is 0 Å². The van der Waals surface area contributed by atoms with Gasteiger partial charge in [0.2, 0.25) is 0 Å². The van der Waals surface area contributed by atoms with Gasteiger partial charge in [-0.2, -0.15) is 8.42 Å². The van der Waals surface area contributed by atoms with E-state index in [1.165, 1.54) is 0 Å². The molecule has 0 bridgehead atoms. The van der Waals surface area contributed by atoms with Crippen molar-refractivity contribution in [2.75, 3.05) is 26.2 Å². The average molecular weight is 784 g/mol. The summed E-state index contributed by atoms with van der Waals surface area (Å²) in [4.78, 5) is 36.7. The number of hydrogen-bond donors (Lipinski definition) is 6. The molecule has 0 saturated heterocycles. The largest absolute Gasteiger partial charge is 2.00 e. The molecule has 0 aromatic heterocycles. The van der Waals surface area contributed by atoms with Gasteiger partial charge in [-0.15, -0.1) is 0 Å². The van der Waals surface area contributed by atoms with E-state index in [1.807, 2.05) is 0 Å². The standard InChI is InChI=1S/4C2H4NO2.H2O4S.2Pt/c4*3-1-2(4)5;1-5(2,3)4;;/h4*3H,1H2,(H,4,5);(H2,1,2,3,4);;/q4*-1;;2*+2. The molecular formula is C8H18N4O12Pt2S. The van der Waals surface area contributed by atoms with E-state index in [4.69, 9.17) is 60.9 Å². The Balaban J connectivity index is -0.0000000364. The van der Waals surface area contributed by atoms with E-state index in [9.17, 15) is 19.2 Å². The summed E-state index contributed by atoms with van der Waals surface area (Å²) in [6.07, 6.45) is 0. The fraction of sp³-hybridized carbons (Fsp3) is 0.500. The summed E-state index contributed by atoms with van der Waals surface area (Å²) in [7, 11) is -4.67. The maximum atomic E-state index is 9.18. The van der Waals surface area contributed by atoms with Crippen LogP contribution in [0.25, 0.3) is 22.9 Å². The van der Waals surface area contributed by atoms with Gasteiger partial charge < -0.3 is 43.4 Å². The van der Waals surface area contributed by atoms with Gasteiger partial charge in [-0.3, -0.25) is 28.3 Å². The van der Waals surface area contributed by atoms with Crippen LogP contribution in [0.4, 0.5) is 0 Å². The number of nitrogens with one attached hydrogen (secondary N) is 4. The number of hydrogen-bond acceptors (Lipinski definition) is 6. The number of aliphatic carboxylic acids is 4. The van der Waals surface area contributed by atoms with Crippen LogP contribution in [-0.2, 0) is 71.7 Å². The second-order valence-electron chi connectivity index (χ2n) is 2.73. The Bertz CT molecular complexity index is 412. The van der Waals surface area contributed by atoms with Crippen LogP contribution < -0.4 is 0 Å². The van der Waals surface area contributed by atoms with Gasteiger partial charge in [0.05, 0.1) is 0 Å². The maximum absolute atomic E-state index is 9.18. The summed E-state index contributed by atoms with van der Waals surface area (Å²) in [5, 5.41) is 30.1. The van der Waals surface area contributed by atoms with Crippen molar-refractivity contribution in [2.45, 2.75) is 0 Å². The third-order valence-electron chi connectivity index (χ3n) is 0.605. The second kappa shape index (κ2) is 32.6. The van der Waals surface area contributed by atoms with Crippen molar-refractivity contribution in [3.8, 4) is 0 Å². The Morgan fingerprint density at radius 2 is 0.593 bits per heavy atom. The monoisotopic (exact) mass is 784 g/mol. The quantitative estimate of drug-likeness (QED) is 0.203. The summed E-state index contributed by atoms with van der Waals surface area (Å²) in [5.74, 6) is -4.31. The molecule has 0 saturated carbocycles. The van der Waals surface area contributed by atoms with Crippen molar-refractivity contribution in [2.24, 2.45) is 0 Å². The minimum atomic E-state index is -4.67. The van der Waals surface area contributed by atoms with Crippen molar-refractivity contribution in [3.05, 3.63) is 22.9 Å². The third kappa shape index (κ3) is 271. The van der Waals surface area contributed by atoms with E-state index in [2.05, 4.69) is 0 Å². The van der Waals surface area contributed by atoms with Crippen molar-refractivity contribution < 1.29 is 99.3 Å². The van der Waals surface area contributed by atoms with Gasteiger partial charge in [0.1, 0.15) is 0 Å². The first-order valence-electron chi connectivity index (χ1n) is 5.24. The topological polar surface area (TPSA) is 319 Å². The number of carbonyl (C=O) groups is 4. The number of carboxylic acid groups (broad SMARTS) is 4. The zero-order chi connectivity index (χ0) is 21.6. The molecule has 0 fully saturated rings. The van der Waals surface area contributed by atoms with E-state index in [1.54, 1.807) is 0 Å². The zero-order valence-corrected chi connectivity index (χ0v) is 18.4. The van der Waals surface area contributed by atoms with Crippen LogP contribution in [0.2, 0.25) is 0 Å². The molecule has 0 aromatic rings. The molecule has 0 aromatic carbocycles. The Hall–Kier alpha value is -1.03. The molecule has 168 valence electrons. The first kappa shape index (κ1) is 45.0. The predicted molar refractivity (Wildman–Crippen MR) is 81.5 cm³/mol. The van der Waals surface area contributed by atoms with Gasteiger partial charge >= 0.3 is 52.5 Å². The van der Waals surface area contributed by atoms with Gasteiger partial charge in [0.25, 0.3) is 23.9 Å². The van der Waals surface area contributed by atoms with Crippen LogP contribution in [0.3, 0.4) is 0 Å². The van der Waals surface area contributed by atoms with E-state index in [-0.39, 0.29) is 42.1 Å². The Morgan fingerprint density at radius 1 is 0.556 bits per heavy atom. The smallest absolute Gasteiger partial charge is 0.668 e. The van der Waals surface area contributed by atoms with E-state index in [0.29, 0.717) is 0 Å². The molecule has 19 heteroatoms. The average Bonchev–Trinajstić information content (AvgIpc) is 2.47. The Morgan fingerprint density at radius 3 is 0.593 bits per heavy atom. The minimum absolute atomic E-state index is 0. The zero-order valence-electron chi connectivity index (χ0n) is 13.0. The molecule has 10 N–H and O–H groups in total. The molecular weight excluding hydrogens is 766 g/mol. The predicted octanol–water partition coefficient (Wildman–Crippen LogP) is -0.165. The molecule has 0 heterocycles. The summed E-state index contributed by atoms with van der Waals surface area (Å²) in [6, 6.07) is 0. The van der Waals surface area contributed by atoms with Gasteiger partial charge in [0, 0.05) is 0 Å².